The Morgan fingerprint density at radius 2 is 1.94 bits per heavy atom. The summed E-state index contributed by atoms with van der Waals surface area (Å²) in [6.07, 6.45) is 2.07. The zero-order valence-corrected chi connectivity index (χ0v) is 19.8. The van der Waals surface area contributed by atoms with Crippen molar-refractivity contribution in [1.82, 2.24) is 25.2 Å². The topological polar surface area (TPSA) is 131 Å². The molecule has 0 bridgehead atoms. The lowest BCUT2D eigenvalue weighted by Crippen LogP contribution is -2.39. The number of hydrogen-bond donors (Lipinski definition) is 1. The largest absolute Gasteiger partial charge is 0.344 e. The van der Waals surface area contributed by atoms with Crippen LogP contribution < -0.4 is 5.32 Å². The zero-order chi connectivity index (χ0) is 24.7. The molecule has 5 rings (SSSR count). The van der Waals surface area contributed by atoms with Crippen molar-refractivity contribution in [2.75, 3.05) is 12.3 Å². The van der Waals surface area contributed by atoms with Crippen LogP contribution in [0.5, 0.6) is 0 Å². The number of aryl methyl sites for hydroxylation is 1. The van der Waals surface area contributed by atoms with E-state index >= 15 is 0 Å². The predicted octanol–water partition coefficient (Wildman–Crippen LogP) is 1.53. The summed E-state index contributed by atoms with van der Waals surface area (Å²) in [5, 5.41) is 11.1. The van der Waals surface area contributed by atoms with Crippen LogP contribution in [0.4, 0.5) is 0 Å². The van der Waals surface area contributed by atoms with E-state index in [9.17, 15) is 22.8 Å². The van der Waals surface area contributed by atoms with E-state index in [0.29, 0.717) is 22.5 Å². The van der Waals surface area contributed by atoms with Crippen LogP contribution in [0.3, 0.4) is 0 Å². The Labute approximate surface area is 201 Å². The second-order valence-corrected chi connectivity index (χ2v) is 10.8. The maximum Gasteiger partial charge on any atom is 0.253 e. The van der Waals surface area contributed by atoms with Crippen LogP contribution in [0.2, 0.25) is 0 Å². The number of benzene rings is 2. The minimum absolute atomic E-state index is 0.00475. The van der Waals surface area contributed by atoms with Crippen molar-refractivity contribution in [3.63, 3.8) is 0 Å². The average molecular weight is 494 g/mol. The first-order valence-electron chi connectivity index (χ1n) is 11.2. The third-order valence-electron chi connectivity index (χ3n) is 6.20. The van der Waals surface area contributed by atoms with E-state index < -0.39 is 21.8 Å². The van der Waals surface area contributed by atoms with Crippen molar-refractivity contribution in [3.05, 3.63) is 71.0 Å². The molecule has 35 heavy (non-hydrogen) atoms. The summed E-state index contributed by atoms with van der Waals surface area (Å²) in [4.78, 5) is 38.8. The first kappa shape index (κ1) is 22.9. The number of nitrogens with one attached hydrogen (secondary N) is 1. The van der Waals surface area contributed by atoms with Crippen molar-refractivity contribution in [2.45, 2.75) is 37.2 Å². The number of amides is 2. The molecule has 1 saturated heterocycles. The standard InChI is InChI=1S/C24H23N5O5S/c1-15-6-8-19(24(32)25-20-14-35(33,34)22-5-3-2-4-18(20)22)21(10-15)29-12-16(26-27-29)11-28-13-17(30)7-9-23(28)31/h2-6,8,10,12,20H,7,9,11,13-14H2,1H3,(H,25,32). The highest BCUT2D eigenvalue weighted by atomic mass is 32.2. The molecule has 3 aromatic rings. The molecule has 1 unspecified atom stereocenters. The minimum atomic E-state index is -3.47. The third kappa shape index (κ3) is 4.46. The van der Waals surface area contributed by atoms with Gasteiger partial charge in [-0.05, 0) is 36.2 Å². The molecule has 1 aromatic heterocycles. The summed E-state index contributed by atoms with van der Waals surface area (Å²) in [5.41, 5.74) is 2.71. The summed E-state index contributed by atoms with van der Waals surface area (Å²) >= 11 is 0. The number of hydrogen-bond acceptors (Lipinski definition) is 7. The molecule has 0 radical (unpaired) electrons. The number of nitrogens with zero attached hydrogens (tertiary/aromatic N) is 4. The Bertz CT molecular complexity index is 1460. The molecule has 2 aliphatic rings. The Kier molecular flexibility index (Phi) is 5.72. The molecular formula is C24H23N5O5S. The normalized spacial score (nSPS) is 19.0. The van der Waals surface area contributed by atoms with Gasteiger partial charge in [-0.1, -0.05) is 29.5 Å². The summed E-state index contributed by atoms with van der Waals surface area (Å²) < 4.78 is 26.5. The third-order valence-corrected chi connectivity index (χ3v) is 8.01. The summed E-state index contributed by atoms with van der Waals surface area (Å²) in [6, 6.07) is 11.2. The quantitative estimate of drug-likeness (QED) is 0.570. The SMILES string of the molecule is Cc1ccc(C(=O)NC2CS(=O)(=O)c3ccccc32)c(-n2cc(CN3CC(=O)CCC3=O)nn2)c1. The van der Waals surface area contributed by atoms with Gasteiger partial charge < -0.3 is 10.2 Å². The van der Waals surface area contributed by atoms with Crippen molar-refractivity contribution < 1.29 is 22.8 Å². The maximum atomic E-state index is 13.3. The first-order valence-corrected chi connectivity index (χ1v) is 12.8. The molecule has 1 fully saturated rings. The molecule has 0 saturated carbocycles. The first-order chi connectivity index (χ1) is 16.7. The van der Waals surface area contributed by atoms with E-state index in [1.165, 1.54) is 9.58 Å². The molecule has 1 N–H and O–H groups in total. The van der Waals surface area contributed by atoms with Crippen LogP contribution in [0.1, 0.15) is 46.1 Å². The number of rotatable bonds is 5. The molecule has 0 aliphatic carbocycles. The van der Waals surface area contributed by atoms with Crippen molar-refractivity contribution >= 4 is 27.4 Å². The Morgan fingerprint density at radius 3 is 2.77 bits per heavy atom. The van der Waals surface area contributed by atoms with Gasteiger partial charge in [0, 0.05) is 12.8 Å². The number of fused-ring (bicyclic) bond motifs is 1. The van der Waals surface area contributed by atoms with E-state index in [1.807, 2.05) is 6.92 Å². The molecule has 10 nitrogen and oxygen atoms in total. The second kappa shape index (κ2) is 8.73. The molecule has 0 spiro atoms. The van der Waals surface area contributed by atoms with Crippen LogP contribution in [-0.2, 0) is 26.0 Å². The van der Waals surface area contributed by atoms with Gasteiger partial charge >= 0.3 is 0 Å². The van der Waals surface area contributed by atoms with Crippen molar-refractivity contribution in [2.24, 2.45) is 0 Å². The monoisotopic (exact) mass is 493 g/mol. The van der Waals surface area contributed by atoms with Crippen LogP contribution in [-0.4, -0.2) is 58.2 Å². The number of aromatic nitrogens is 3. The summed E-state index contributed by atoms with van der Waals surface area (Å²) in [5.74, 6) is -0.743. The Balaban J connectivity index is 1.40. The lowest BCUT2D eigenvalue weighted by atomic mass is 10.1. The second-order valence-electron chi connectivity index (χ2n) is 8.81. The van der Waals surface area contributed by atoms with Gasteiger partial charge in [0.05, 0.1) is 47.2 Å². The fourth-order valence-electron chi connectivity index (χ4n) is 4.44. The number of Topliss-reactive ketones (excluding diaryl/α,β-unsaturated/α-hetero) is 1. The van der Waals surface area contributed by atoms with Crippen LogP contribution in [0, 0.1) is 6.92 Å². The molecule has 2 amide bonds. The fraction of sp³-hybridized carbons (Fsp3) is 0.292. The highest BCUT2D eigenvalue weighted by molar-refractivity contribution is 7.91. The molecule has 11 heteroatoms. The van der Waals surface area contributed by atoms with Gasteiger partial charge in [-0.25, -0.2) is 13.1 Å². The van der Waals surface area contributed by atoms with Gasteiger partial charge in [-0.2, -0.15) is 0 Å². The van der Waals surface area contributed by atoms with Gasteiger partial charge in [-0.15, -0.1) is 5.10 Å². The highest BCUT2D eigenvalue weighted by Crippen LogP contribution is 2.33. The van der Waals surface area contributed by atoms with E-state index in [0.717, 1.165) is 5.56 Å². The predicted molar refractivity (Wildman–Crippen MR) is 124 cm³/mol. The molecule has 2 aromatic carbocycles. The smallest absolute Gasteiger partial charge is 0.253 e. The summed E-state index contributed by atoms with van der Waals surface area (Å²) in [6.45, 7) is 2.07. The van der Waals surface area contributed by atoms with Gasteiger partial charge in [0.1, 0.15) is 5.69 Å². The van der Waals surface area contributed by atoms with E-state index in [4.69, 9.17) is 0 Å². The maximum absolute atomic E-state index is 13.3. The van der Waals surface area contributed by atoms with Crippen LogP contribution >= 0.6 is 0 Å². The molecule has 3 heterocycles. The van der Waals surface area contributed by atoms with Gasteiger partial charge in [-0.3, -0.25) is 14.4 Å². The van der Waals surface area contributed by atoms with E-state index in [1.54, 1.807) is 48.7 Å². The Morgan fingerprint density at radius 1 is 1.14 bits per heavy atom. The highest BCUT2D eigenvalue weighted by Gasteiger charge is 2.35. The van der Waals surface area contributed by atoms with Crippen molar-refractivity contribution in [3.8, 4) is 5.69 Å². The summed E-state index contributed by atoms with van der Waals surface area (Å²) in [7, 11) is -3.47. The average Bonchev–Trinajstić information content (AvgIpc) is 3.38. The fourth-order valence-corrected chi connectivity index (χ4v) is 6.18. The number of likely N-dealkylation sites (tertiary alicyclic amines) is 1. The molecule has 2 aliphatic heterocycles. The molecular weight excluding hydrogens is 470 g/mol. The lowest BCUT2D eigenvalue weighted by molar-refractivity contribution is -0.140. The zero-order valence-electron chi connectivity index (χ0n) is 19.0. The lowest BCUT2D eigenvalue weighted by Gasteiger charge is -2.24. The van der Waals surface area contributed by atoms with E-state index in [-0.39, 0.29) is 48.3 Å². The Hall–Kier alpha value is -3.86. The van der Waals surface area contributed by atoms with Crippen LogP contribution in [0.25, 0.3) is 5.69 Å². The molecule has 1 atom stereocenters. The van der Waals surface area contributed by atoms with Crippen LogP contribution in [0.15, 0.2) is 53.6 Å². The van der Waals surface area contributed by atoms with Crippen molar-refractivity contribution in [1.29, 1.82) is 0 Å². The number of ketones is 1. The van der Waals surface area contributed by atoms with Gasteiger partial charge in [0.15, 0.2) is 15.6 Å². The minimum Gasteiger partial charge on any atom is -0.344 e. The number of piperidine rings is 1. The van der Waals surface area contributed by atoms with Gasteiger partial charge in [0.2, 0.25) is 5.91 Å². The van der Waals surface area contributed by atoms with Gasteiger partial charge in [0.25, 0.3) is 5.91 Å². The number of carbonyl (C=O) groups excluding carboxylic acids is 3. The number of carbonyl (C=O) groups is 3. The molecule has 180 valence electrons. The van der Waals surface area contributed by atoms with E-state index in [2.05, 4.69) is 15.6 Å². The number of sulfone groups is 1.